The number of nitrogens with zero attached hydrogens (tertiary/aromatic N) is 2. The Morgan fingerprint density at radius 2 is 2.16 bits per heavy atom. The Balaban J connectivity index is 1.78. The number of aldehydes is 1. The summed E-state index contributed by atoms with van der Waals surface area (Å²) in [7, 11) is 5.91. The maximum Gasteiger partial charge on any atom is 0.226 e. The van der Waals surface area contributed by atoms with Crippen LogP contribution in [0.15, 0.2) is 49.7 Å². The van der Waals surface area contributed by atoms with Crippen LogP contribution in [0.5, 0.6) is 0 Å². The normalized spacial score (nSPS) is 21.2. The largest absolute Gasteiger partial charge is 0.428 e. The summed E-state index contributed by atoms with van der Waals surface area (Å²) in [5.74, 6) is 0.461. The van der Waals surface area contributed by atoms with Crippen molar-refractivity contribution >= 4 is 20.0 Å². The number of carbonyl (C=O) groups excluding carboxylic acids is 1. The van der Waals surface area contributed by atoms with E-state index in [1.54, 1.807) is 4.81 Å². The van der Waals surface area contributed by atoms with Gasteiger partial charge in [-0.25, -0.2) is 0 Å². The summed E-state index contributed by atoms with van der Waals surface area (Å²) in [6.07, 6.45) is 6.43. The molecule has 2 aliphatic heterocycles. The second kappa shape index (κ2) is 7.34. The zero-order valence-electron chi connectivity index (χ0n) is 14.8. The number of benzene rings is 1. The van der Waals surface area contributed by atoms with E-state index in [1.165, 1.54) is 11.1 Å². The molecule has 1 aromatic rings. The fourth-order valence-corrected chi connectivity index (χ4v) is 3.86. The van der Waals surface area contributed by atoms with E-state index in [9.17, 15) is 4.79 Å². The van der Waals surface area contributed by atoms with E-state index in [0.717, 1.165) is 62.0 Å². The molecule has 2 unspecified atom stereocenters. The van der Waals surface area contributed by atoms with Crippen LogP contribution < -0.4 is 0 Å². The molecule has 2 atom stereocenters. The molecule has 1 aromatic carbocycles. The van der Waals surface area contributed by atoms with Crippen molar-refractivity contribution in [1.82, 2.24) is 9.71 Å². The van der Waals surface area contributed by atoms with Crippen LogP contribution in [0.3, 0.4) is 0 Å². The van der Waals surface area contributed by atoms with Crippen molar-refractivity contribution in [2.75, 3.05) is 6.54 Å². The van der Waals surface area contributed by atoms with Crippen LogP contribution in [0.25, 0.3) is 5.70 Å². The molecule has 2 aliphatic rings. The minimum atomic E-state index is -0.137. The van der Waals surface area contributed by atoms with Crippen LogP contribution in [0.2, 0.25) is 0 Å². The van der Waals surface area contributed by atoms with Gasteiger partial charge >= 0.3 is 0 Å². The first-order chi connectivity index (χ1) is 12.0. The van der Waals surface area contributed by atoms with Crippen LogP contribution in [-0.4, -0.2) is 36.6 Å². The van der Waals surface area contributed by atoms with E-state index in [0.29, 0.717) is 5.92 Å². The van der Waals surface area contributed by atoms with E-state index in [4.69, 9.17) is 7.98 Å². The van der Waals surface area contributed by atoms with Gasteiger partial charge in [0.25, 0.3) is 0 Å². The lowest BCUT2D eigenvalue weighted by atomic mass is 9.85. The van der Waals surface area contributed by atoms with Gasteiger partial charge in [-0.1, -0.05) is 37.4 Å². The third-order valence-electron chi connectivity index (χ3n) is 5.43. The Hall–Kier alpha value is -2.23. The molecule has 2 radical (unpaired) electrons. The number of hydrogen-bond acceptors (Lipinski definition) is 3. The number of hydrogen-bond donors (Lipinski definition) is 0. The van der Waals surface area contributed by atoms with Gasteiger partial charge in [-0.3, -0.25) is 0 Å². The van der Waals surface area contributed by atoms with E-state index in [2.05, 4.69) is 42.8 Å². The van der Waals surface area contributed by atoms with E-state index in [-0.39, 0.29) is 6.04 Å². The molecular weight excluding hydrogens is 307 g/mol. The standard InChI is InChI=1S/C21H25BN2O/c1-4-5-6-20(14-25)23-13-19-12-17(7-8-21(19)16(23)3)18-9-10-24(22)15(2)11-18/h4,7-8,12,14,18,20H,1-3,5-6,9-11,13H2. The lowest BCUT2D eigenvalue weighted by molar-refractivity contribution is -0.111. The van der Waals surface area contributed by atoms with Gasteiger partial charge in [-0.2, -0.15) is 0 Å². The molecule has 0 bridgehead atoms. The van der Waals surface area contributed by atoms with Crippen LogP contribution in [0.1, 0.15) is 48.3 Å². The van der Waals surface area contributed by atoms with Gasteiger partial charge in [0.2, 0.25) is 7.98 Å². The Kier molecular flexibility index (Phi) is 5.17. The maximum absolute atomic E-state index is 11.5. The number of allylic oxidation sites excluding steroid dienone is 2. The highest BCUT2D eigenvalue weighted by Gasteiger charge is 2.29. The number of piperidine rings is 1. The molecule has 0 aliphatic carbocycles. The van der Waals surface area contributed by atoms with Gasteiger partial charge in [-0.15, -0.1) is 6.58 Å². The van der Waals surface area contributed by atoms with Gasteiger partial charge in [0.05, 0.1) is 6.04 Å². The topological polar surface area (TPSA) is 23.6 Å². The fraction of sp³-hybridized carbons (Fsp3) is 0.381. The molecule has 2 heterocycles. The molecule has 128 valence electrons. The van der Waals surface area contributed by atoms with Crippen molar-refractivity contribution < 1.29 is 4.79 Å². The zero-order chi connectivity index (χ0) is 18.0. The minimum absolute atomic E-state index is 0.137. The van der Waals surface area contributed by atoms with Crippen molar-refractivity contribution in [3.05, 3.63) is 66.4 Å². The molecular formula is C21H25BN2O. The molecule has 4 heteroatoms. The monoisotopic (exact) mass is 332 g/mol. The summed E-state index contributed by atoms with van der Waals surface area (Å²) < 4.78 is 0. The minimum Gasteiger partial charge on any atom is -0.428 e. The highest BCUT2D eigenvalue weighted by atomic mass is 16.1. The first kappa shape index (κ1) is 17.6. The van der Waals surface area contributed by atoms with Gasteiger partial charge in [0.15, 0.2) is 0 Å². The van der Waals surface area contributed by atoms with Crippen molar-refractivity contribution in [2.24, 2.45) is 0 Å². The van der Waals surface area contributed by atoms with E-state index < -0.39 is 0 Å². The van der Waals surface area contributed by atoms with Crippen molar-refractivity contribution in [1.29, 1.82) is 0 Å². The van der Waals surface area contributed by atoms with Gasteiger partial charge in [-0.05, 0) is 48.4 Å². The number of rotatable bonds is 6. The summed E-state index contributed by atoms with van der Waals surface area (Å²) in [5.41, 5.74) is 5.69. The highest BCUT2D eigenvalue weighted by Crippen LogP contribution is 2.38. The maximum atomic E-state index is 11.5. The molecule has 0 amide bonds. The van der Waals surface area contributed by atoms with E-state index >= 15 is 0 Å². The highest BCUT2D eigenvalue weighted by molar-refractivity contribution is 6.05. The first-order valence-electron chi connectivity index (χ1n) is 8.90. The van der Waals surface area contributed by atoms with Crippen molar-refractivity contribution in [3.8, 4) is 0 Å². The average molecular weight is 332 g/mol. The number of fused-ring (bicyclic) bond motifs is 1. The molecule has 1 saturated heterocycles. The Morgan fingerprint density at radius 1 is 1.36 bits per heavy atom. The van der Waals surface area contributed by atoms with Crippen LogP contribution >= 0.6 is 0 Å². The number of carbonyl (C=O) groups is 1. The smallest absolute Gasteiger partial charge is 0.226 e. The molecule has 0 aromatic heterocycles. The van der Waals surface area contributed by atoms with Crippen LogP contribution in [0, 0.1) is 0 Å². The summed E-state index contributed by atoms with van der Waals surface area (Å²) >= 11 is 0. The second-order valence-corrected chi connectivity index (χ2v) is 7.01. The summed E-state index contributed by atoms with van der Waals surface area (Å²) in [5, 5.41) is 0. The van der Waals surface area contributed by atoms with E-state index in [1.807, 2.05) is 6.08 Å². The Morgan fingerprint density at radius 3 is 2.84 bits per heavy atom. The quantitative estimate of drug-likeness (QED) is 0.450. The van der Waals surface area contributed by atoms with Gasteiger partial charge < -0.3 is 14.5 Å². The first-order valence-corrected chi connectivity index (χ1v) is 8.90. The lowest BCUT2D eigenvalue weighted by Gasteiger charge is -2.33. The molecule has 1 fully saturated rings. The van der Waals surface area contributed by atoms with Gasteiger partial charge in [0.1, 0.15) is 6.29 Å². The molecule has 0 N–H and O–H groups in total. The summed E-state index contributed by atoms with van der Waals surface area (Å²) in [4.78, 5) is 15.4. The predicted octanol–water partition coefficient (Wildman–Crippen LogP) is 3.78. The molecule has 25 heavy (non-hydrogen) atoms. The third-order valence-corrected chi connectivity index (χ3v) is 5.43. The zero-order valence-corrected chi connectivity index (χ0v) is 14.8. The van der Waals surface area contributed by atoms with Crippen LogP contribution in [0.4, 0.5) is 0 Å². The molecule has 0 saturated carbocycles. The predicted molar refractivity (Wildman–Crippen MR) is 104 cm³/mol. The third kappa shape index (κ3) is 3.44. The SMILES string of the molecule is [B]N1CCC(c2ccc3c(c2)CN(C(C=O)CCC=C)C3=C)CC1=C. The Bertz CT molecular complexity index is 712. The average Bonchev–Trinajstić information content (AvgIpc) is 2.94. The lowest BCUT2D eigenvalue weighted by Crippen LogP contribution is -2.30. The molecule has 0 spiro atoms. The fourth-order valence-electron chi connectivity index (χ4n) is 3.86. The Labute approximate surface area is 152 Å². The molecule has 3 nitrogen and oxygen atoms in total. The second-order valence-electron chi connectivity index (χ2n) is 7.01. The summed E-state index contributed by atoms with van der Waals surface area (Å²) in [6, 6.07) is 6.48. The van der Waals surface area contributed by atoms with Crippen LogP contribution in [-0.2, 0) is 11.3 Å². The van der Waals surface area contributed by atoms with Crippen molar-refractivity contribution in [3.63, 3.8) is 0 Å². The molecule has 3 rings (SSSR count). The van der Waals surface area contributed by atoms with Crippen molar-refractivity contribution in [2.45, 2.75) is 44.2 Å². The summed E-state index contributed by atoms with van der Waals surface area (Å²) in [6.45, 7) is 13.6. The van der Waals surface area contributed by atoms with Gasteiger partial charge in [0, 0.05) is 24.4 Å².